The molecule has 0 aliphatic heterocycles. The van der Waals surface area contributed by atoms with E-state index in [4.69, 9.17) is 4.74 Å². The summed E-state index contributed by atoms with van der Waals surface area (Å²) in [5.41, 5.74) is 0.861. The van der Waals surface area contributed by atoms with E-state index in [1.165, 1.54) is 6.42 Å². The monoisotopic (exact) mass is 178 g/mol. The molecule has 3 heteroatoms. The van der Waals surface area contributed by atoms with Gasteiger partial charge in [-0.2, -0.15) is 0 Å². The van der Waals surface area contributed by atoms with Crippen molar-refractivity contribution < 1.29 is 9.53 Å². The number of rotatable bonds is 3. The molecule has 1 amide bonds. The number of nitrogens with one attached hydrogen (secondary N) is 1. The first kappa shape index (κ1) is 9.58. The Balaban J connectivity index is 2.64. The van der Waals surface area contributed by atoms with Crippen molar-refractivity contribution in [3.8, 4) is 5.75 Å². The zero-order valence-corrected chi connectivity index (χ0v) is 7.70. The molecule has 0 heterocycles. The van der Waals surface area contributed by atoms with Crippen molar-refractivity contribution >= 4 is 5.91 Å². The number of hydrogen-bond donors (Lipinski definition) is 1. The quantitative estimate of drug-likeness (QED) is 0.749. The lowest BCUT2D eigenvalue weighted by Crippen LogP contribution is -2.18. The molecule has 1 N–H and O–H groups in total. The largest absolute Gasteiger partial charge is 0.497 e. The molecule has 3 nitrogen and oxygen atoms in total. The second-order valence-electron chi connectivity index (χ2n) is 2.53. The van der Waals surface area contributed by atoms with Crippen molar-refractivity contribution in [1.82, 2.24) is 5.32 Å². The van der Waals surface area contributed by atoms with E-state index < -0.39 is 0 Å². The Labute approximate surface area is 77.7 Å². The van der Waals surface area contributed by atoms with Crippen molar-refractivity contribution in [2.24, 2.45) is 0 Å². The third kappa shape index (κ3) is 2.78. The fraction of sp³-hybridized carbons (Fsp3) is 0.200. The highest BCUT2D eigenvalue weighted by Gasteiger charge is 2.00. The van der Waals surface area contributed by atoms with Crippen LogP contribution in [0.15, 0.2) is 24.3 Å². The number of benzene rings is 1. The fourth-order valence-corrected chi connectivity index (χ4v) is 0.924. The van der Waals surface area contributed by atoms with Gasteiger partial charge in [0.1, 0.15) is 5.75 Å². The minimum Gasteiger partial charge on any atom is -0.497 e. The average Bonchev–Trinajstić information content (AvgIpc) is 2.19. The Kier molecular flexibility index (Phi) is 3.31. The number of methoxy groups -OCH3 is 1. The van der Waals surface area contributed by atoms with Gasteiger partial charge >= 0.3 is 0 Å². The first-order chi connectivity index (χ1) is 6.26. The zero-order chi connectivity index (χ0) is 9.68. The number of amides is 1. The van der Waals surface area contributed by atoms with Gasteiger partial charge in [-0.1, -0.05) is 12.1 Å². The van der Waals surface area contributed by atoms with Crippen LogP contribution < -0.4 is 10.1 Å². The Bertz CT molecular complexity index is 279. The zero-order valence-electron chi connectivity index (χ0n) is 7.70. The van der Waals surface area contributed by atoms with Crippen LogP contribution in [0.2, 0.25) is 0 Å². The lowest BCUT2D eigenvalue weighted by Gasteiger charge is -2.01. The molecule has 0 aliphatic carbocycles. The van der Waals surface area contributed by atoms with E-state index in [9.17, 15) is 4.79 Å². The molecule has 0 spiro atoms. The molecule has 0 aromatic heterocycles. The molecule has 0 saturated heterocycles. The van der Waals surface area contributed by atoms with Crippen LogP contribution in [0.5, 0.6) is 5.75 Å². The molecular formula is C10H12NO2. The van der Waals surface area contributed by atoms with Crippen LogP contribution in [0.1, 0.15) is 5.56 Å². The molecule has 13 heavy (non-hydrogen) atoms. The molecule has 69 valence electrons. The van der Waals surface area contributed by atoms with Gasteiger partial charge in [-0.3, -0.25) is 4.79 Å². The van der Waals surface area contributed by atoms with Crippen LogP contribution >= 0.6 is 0 Å². The minimum absolute atomic E-state index is 0.106. The van der Waals surface area contributed by atoms with Gasteiger partial charge in [-0.05, 0) is 17.7 Å². The number of carbonyl (C=O) groups excluding carboxylic acids is 1. The maximum atomic E-state index is 10.9. The van der Waals surface area contributed by atoms with E-state index in [0.717, 1.165) is 11.3 Å². The van der Waals surface area contributed by atoms with Gasteiger partial charge in [0.25, 0.3) is 0 Å². The smallest absolute Gasteiger partial charge is 0.228 e. The van der Waals surface area contributed by atoms with Crippen molar-refractivity contribution in [3.05, 3.63) is 36.2 Å². The van der Waals surface area contributed by atoms with Crippen molar-refractivity contribution in [1.29, 1.82) is 0 Å². The number of hydrogen-bond acceptors (Lipinski definition) is 2. The SMILES string of the molecule is CNC(=O)[CH]c1ccc(OC)cc1. The third-order valence-electron chi connectivity index (χ3n) is 1.66. The highest BCUT2D eigenvalue weighted by molar-refractivity contribution is 5.88. The summed E-state index contributed by atoms with van der Waals surface area (Å²) in [6.07, 6.45) is 1.53. The molecule has 1 rings (SSSR count). The van der Waals surface area contributed by atoms with Gasteiger partial charge in [-0.25, -0.2) is 0 Å². The molecule has 0 atom stereocenters. The molecule has 1 aromatic carbocycles. The number of likely N-dealkylation sites (N-methyl/N-ethyl adjacent to an activating group) is 1. The summed E-state index contributed by atoms with van der Waals surface area (Å²) in [6, 6.07) is 7.28. The summed E-state index contributed by atoms with van der Waals surface area (Å²) in [6.45, 7) is 0. The molecular weight excluding hydrogens is 166 g/mol. The first-order valence-electron chi connectivity index (χ1n) is 3.97. The Morgan fingerprint density at radius 2 is 2.00 bits per heavy atom. The maximum Gasteiger partial charge on any atom is 0.228 e. The van der Waals surface area contributed by atoms with E-state index in [1.807, 2.05) is 24.3 Å². The molecule has 0 fully saturated rings. The van der Waals surface area contributed by atoms with Gasteiger partial charge < -0.3 is 10.1 Å². The van der Waals surface area contributed by atoms with Gasteiger partial charge in [0.05, 0.1) is 13.5 Å². The average molecular weight is 178 g/mol. The summed E-state index contributed by atoms with van der Waals surface area (Å²) in [7, 11) is 3.21. The second-order valence-corrected chi connectivity index (χ2v) is 2.53. The molecule has 1 radical (unpaired) electrons. The molecule has 0 saturated carbocycles. The fourth-order valence-electron chi connectivity index (χ4n) is 0.924. The third-order valence-corrected chi connectivity index (χ3v) is 1.66. The van der Waals surface area contributed by atoms with Crippen LogP contribution in [0.3, 0.4) is 0 Å². The maximum absolute atomic E-state index is 10.9. The lowest BCUT2D eigenvalue weighted by molar-refractivity contribution is -0.117. The van der Waals surface area contributed by atoms with E-state index in [0.29, 0.717) is 0 Å². The van der Waals surface area contributed by atoms with Crippen LogP contribution in [0, 0.1) is 6.42 Å². The van der Waals surface area contributed by atoms with Gasteiger partial charge in [0.2, 0.25) is 5.91 Å². The summed E-state index contributed by atoms with van der Waals surface area (Å²) in [4.78, 5) is 10.9. The van der Waals surface area contributed by atoms with Crippen LogP contribution in [-0.4, -0.2) is 20.1 Å². The molecule has 0 bridgehead atoms. The molecule has 0 aliphatic rings. The highest BCUT2D eigenvalue weighted by Crippen LogP contribution is 2.12. The van der Waals surface area contributed by atoms with Gasteiger partial charge in [0, 0.05) is 7.05 Å². The summed E-state index contributed by atoms with van der Waals surface area (Å²) in [5, 5.41) is 2.52. The Morgan fingerprint density at radius 3 is 2.46 bits per heavy atom. The first-order valence-corrected chi connectivity index (χ1v) is 3.97. The number of carbonyl (C=O) groups is 1. The molecule has 1 aromatic rings. The minimum atomic E-state index is -0.106. The van der Waals surface area contributed by atoms with E-state index >= 15 is 0 Å². The van der Waals surface area contributed by atoms with Crippen LogP contribution in [0.4, 0.5) is 0 Å². The summed E-state index contributed by atoms with van der Waals surface area (Å²) >= 11 is 0. The number of ether oxygens (including phenoxy) is 1. The van der Waals surface area contributed by atoms with Crippen LogP contribution in [-0.2, 0) is 4.79 Å². The van der Waals surface area contributed by atoms with Gasteiger partial charge in [0.15, 0.2) is 0 Å². The standard InChI is InChI=1S/C10H12NO2/c1-11-10(12)7-8-3-5-9(13-2)6-4-8/h3-7H,1-2H3,(H,11,12). The Morgan fingerprint density at radius 1 is 1.38 bits per heavy atom. The van der Waals surface area contributed by atoms with Crippen molar-refractivity contribution in [2.75, 3.05) is 14.2 Å². The predicted molar refractivity (Wildman–Crippen MR) is 50.5 cm³/mol. The normalized spacial score (nSPS) is 9.38. The second kappa shape index (κ2) is 4.50. The van der Waals surface area contributed by atoms with Crippen LogP contribution in [0.25, 0.3) is 0 Å². The van der Waals surface area contributed by atoms with Crippen molar-refractivity contribution in [3.63, 3.8) is 0 Å². The Hall–Kier alpha value is -1.51. The van der Waals surface area contributed by atoms with Crippen molar-refractivity contribution in [2.45, 2.75) is 0 Å². The van der Waals surface area contributed by atoms with E-state index in [-0.39, 0.29) is 5.91 Å². The lowest BCUT2D eigenvalue weighted by atomic mass is 10.1. The van der Waals surface area contributed by atoms with E-state index in [2.05, 4.69) is 5.32 Å². The summed E-state index contributed by atoms with van der Waals surface area (Å²) in [5.74, 6) is 0.680. The topological polar surface area (TPSA) is 38.3 Å². The van der Waals surface area contributed by atoms with Gasteiger partial charge in [-0.15, -0.1) is 0 Å². The summed E-state index contributed by atoms with van der Waals surface area (Å²) < 4.78 is 4.99. The highest BCUT2D eigenvalue weighted by atomic mass is 16.5. The predicted octanol–water partition coefficient (Wildman–Crippen LogP) is 0.994. The molecule has 0 unspecified atom stereocenters. The van der Waals surface area contributed by atoms with E-state index in [1.54, 1.807) is 14.2 Å².